The number of nitrogens with one attached hydrogen (secondary N) is 2. The number of benzene rings is 1. The second kappa shape index (κ2) is 10.7. The van der Waals surface area contributed by atoms with Gasteiger partial charge >= 0.3 is 0 Å². The van der Waals surface area contributed by atoms with Gasteiger partial charge in [0.15, 0.2) is 0 Å². The summed E-state index contributed by atoms with van der Waals surface area (Å²) in [4.78, 5) is 33.7. The van der Waals surface area contributed by atoms with Crippen molar-refractivity contribution in [2.75, 3.05) is 11.4 Å². The molecule has 0 bridgehead atoms. The highest BCUT2D eigenvalue weighted by Crippen LogP contribution is 2.32. The molecule has 34 heavy (non-hydrogen) atoms. The number of amides is 2. The molecule has 182 valence electrons. The van der Waals surface area contributed by atoms with Gasteiger partial charge in [-0.05, 0) is 61.4 Å². The van der Waals surface area contributed by atoms with Crippen LogP contribution in [0.4, 0.5) is 5.69 Å². The molecular weight excluding hydrogens is 424 g/mol. The Hall–Kier alpha value is -2.73. The monoisotopic (exact) mass is 462 g/mol. The maximum absolute atomic E-state index is 13.9. The van der Waals surface area contributed by atoms with Crippen molar-refractivity contribution in [3.05, 3.63) is 59.9 Å². The maximum atomic E-state index is 13.9. The summed E-state index contributed by atoms with van der Waals surface area (Å²) in [5.41, 5.74) is 2.65. The van der Waals surface area contributed by atoms with Crippen LogP contribution >= 0.6 is 0 Å². The van der Waals surface area contributed by atoms with Gasteiger partial charge in [-0.2, -0.15) is 0 Å². The highest BCUT2D eigenvalue weighted by Gasteiger charge is 2.38. The van der Waals surface area contributed by atoms with Crippen LogP contribution in [0.5, 0.6) is 0 Å². The zero-order chi connectivity index (χ0) is 24.1. The van der Waals surface area contributed by atoms with Gasteiger partial charge in [0, 0.05) is 29.7 Å². The largest absolute Gasteiger partial charge is 0.351 e. The van der Waals surface area contributed by atoms with Crippen molar-refractivity contribution < 1.29 is 9.59 Å². The van der Waals surface area contributed by atoms with Gasteiger partial charge in [0.25, 0.3) is 0 Å². The Morgan fingerprint density at radius 3 is 2.35 bits per heavy atom. The Kier molecular flexibility index (Phi) is 7.67. The molecule has 2 atom stereocenters. The van der Waals surface area contributed by atoms with E-state index in [0.717, 1.165) is 56.3 Å². The molecule has 2 fully saturated rings. The molecule has 2 aliphatic rings. The van der Waals surface area contributed by atoms with Crippen LogP contribution in [0, 0.1) is 0 Å². The van der Waals surface area contributed by atoms with E-state index in [1.807, 2.05) is 24.3 Å². The van der Waals surface area contributed by atoms with Gasteiger partial charge < -0.3 is 10.6 Å². The number of anilines is 1. The third-order valence-corrected chi connectivity index (χ3v) is 7.07. The first-order valence-corrected chi connectivity index (χ1v) is 12.7. The molecule has 1 aliphatic heterocycles. The molecule has 2 N–H and O–H groups in total. The molecule has 0 spiro atoms. The van der Waals surface area contributed by atoms with E-state index in [2.05, 4.69) is 48.5 Å². The number of aromatic nitrogens is 1. The number of carbonyl (C=O) groups excluding carboxylic acids is 2. The lowest BCUT2D eigenvalue weighted by molar-refractivity contribution is -0.128. The first-order chi connectivity index (χ1) is 16.3. The summed E-state index contributed by atoms with van der Waals surface area (Å²) < 4.78 is 0. The molecule has 0 radical (unpaired) electrons. The molecule has 2 heterocycles. The fourth-order valence-corrected chi connectivity index (χ4v) is 5.07. The quantitative estimate of drug-likeness (QED) is 0.655. The smallest absolute Gasteiger partial charge is 0.248 e. The van der Waals surface area contributed by atoms with E-state index in [1.165, 1.54) is 12.0 Å². The van der Waals surface area contributed by atoms with E-state index >= 15 is 0 Å². The van der Waals surface area contributed by atoms with Crippen LogP contribution in [-0.2, 0) is 15.0 Å². The predicted molar refractivity (Wildman–Crippen MR) is 136 cm³/mol. The average molecular weight is 463 g/mol. The molecular formula is C28H38N4O2. The van der Waals surface area contributed by atoms with Crippen LogP contribution in [0.1, 0.15) is 82.9 Å². The molecule has 1 saturated carbocycles. The van der Waals surface area contributed by atoms with Crippen LogP contribution < -0.4 is 15.5 Å². The molecule has 2 aromatic rings. The second-order valence-corrected chi connectivity index (χ2v) is 10.7. The Morgan fingerprint density at radius 2 is 1.76 bits per heavy atom. The van der Waals surface area contributed by atoms with Crippen LogP contribution in [0.2, 0.25) is 0 Å². The minimum Gasteiger partial charge on any atom is -0.351 e. The van der Waals surface area contributed by atoms with Crippen molar-refractivity contribution in [3.8, 4) is 0 Å². The maximum Gasteiger partial charge on any atom is 0.248 e. The lowest BCUT2D eigenvalue weighted by Crippen LogP contribution is -2.51. The molecule has 6 heteroatoms. The lowest BCUT2D eigenvalue weighted by atomic mass is 9.87. The zero-order valence-electron chi connectivity index (χ0n) is 20.7. The molecule has 4 rings (SSSR count). The Morgan fingerprint density at radius 1 is 1.03 bits per heavy atom. The minimum absolute atomic E-state index is 0.00147. The normalized spacial score (nSPS) is 20.0. The second-order valence-electron chi connectivity index (χ2n) is 10.7. The fraction of sp³-hybridized carbons (Fsp3) is 0.536. The molecule has 0 unspecified atom stereocenters. The van der Waals surface area contributed by atoms with Gasteiger partial charge in [-0.15, -0.1) is 0 Å². The molecule has 1 aromatic heterocycles. The predicted octanol–water partition coefficient (Wildman–Crippen LogP) is 4.65. The number of carbonyl (C=O) groups is 2. The number of rotatable bonds is 6. The summed E-state index contributed by atoms with van der Waals surface area (Å²) >= 11 is 0. The minimum atomic E-state index is -0.772. The molecule has 1 aliphatic carbocycles. The summed E-state index contributed by atoms with van der Waals surface area (Å²) in [6.45, 7) is 7.33. The lowest BCUT2D eigenvalue weighted by Gasteiger charge is -2.35. The van der Waals surface area contributed by atoms with Gasteiger partial charge in [0.2, 0.25) is 11.8 Å². The van der Waals surface area contributed by atoms with E-state index in [0.29, 0.717) is 0 Å². The van der Waals surface area contributed by atoms with Gasteiger partial charge in [-0.1, -0.05) is 58.2 Å². The molecule has 6 nitrogen and oxygen atoms in total. The van der Waals surface area contributed by atoms with E-state index in [9.17, 15) is 9.59 Å². The fourth-order valence-electron chi connectivity index (χ4n) is 5.07. The molecule has 1 aromatic carbocycles. The van der Waals surface area contributed by atoms with Gasteiger partial charge in [-0.3, -0.25) is 19.5 Å². The third-order valence-electron chi connectivity index (χ3n) is 7.07. The van der Waals surface area contributed by atoms with Gasteiger partial charge in [0.05, 0.1) is 6.04 Å². The van der Waals surface area contributed by atoms with E-state index in [-0.39, 0.29) is 29.3 Å². The highest BCUT2D eigenvalue weighted by molar-refractivity contribution is 6.03. The van der Waals surface area contributed by atoms with Crippen LogP contribution in [0.25, 0.3) is 0 Å². The molecule has 1 saturated heterocycles. The van der Waals surface area contributed by atoms with Crippen molar-refractivity contribution >= 4 is 17.5 Å². The van der Waals surface area contributed by atoms with Crippen LogP contribution in [-0.4, -0.2) is 35.4 Å². The average Bonchev–Trinajstić information content (AvgIpc) is 3.38. The van der Waals surface area contributed by atoms with E-state index in [1.54, 1.807) is 17.3 Å². The number of hydrogen-bond acceptors (Lipinski definition) is 4. The topological polar surface area (TPSA) is 74.3 Å². The zero-order valence-corrected chi connectivity index (χ0v) is 20.7. The van der Waals surface area contributed by atoms with Crippen LogP contribution in [0.3, 0.4) is 0 Å². The summed E-state index contributed by atoms with van der Waals surface area (Å²) in [7, 11) is 0. The summed E-state index contributed by atoms with van der Waals surface area (Å²) in [5, 5.41) is 6.60. The van der Waals surface area contributed by atoms with Crippen molar-refractivity contribution in [2.24, 2.45) is 0 Å². The van der Waals surface area contributed by atoms with Crippen molar-refractivity contribution in [1.29, 1.82) is 0 Å². The number of hydrogen-bond donors (Lipinski definition) is 2. The highest BCUT2D eigenvalue weighted by atomic mass is 16.2. The standard InChI is InChI=1S/C28H38N4O2/c1-28(2,3)21-13-15-23(16-14-21)32(27(34)24-12-8-18-30-24)25(20-9-7-17-29-19-20)26(33)31-22-10-5-4-6-11-22/h7,9,13-17,19,22,24-25,30H,4-6,8,10-12,18H2,1-3H3,(H,31,33)/t24-,25-/m0/s1. The van der Waals surface area contributed by atoms with E-state index in [4.69, 9.17) is 0 Å². The first-order valence-electron chi connectivity index (χ1n) is 12.7. The van der Waals surface area contributed by atoms with Crippen LogP contribution in [0.15, 0.2) is 48.8 Å². The Balaban J connectivity index is 1.73. The number of pyridine rings is 1. The first kappa shape index (κ1) is 24.4. The summed E-state index contributed by atoms with van der Waals surface area (Å²) in [5.74, 6) is -0.195. The SMILES string of the molecule is CC(C)(C)c1ccc(N(C(=O)[C@@H]2CCCN2)[C@H](C(=O)NC2CCCCC2)c2cccnc2)cc1. The third kappa shape index (κ3) is 5.66. The summed E-state index contributed by atoms with van der Waals surface area (Å²) in [6.07, 6.45) is 10.6. The number of nitrogens with zero attached hydrogens (tertiary/aromatic N) is 2. The van der Waals surface area contributed by atoms with E-state index < -0.39 is 6.04 Å². The van der Waals surface area contributed by atoms with Crippen molar-refractivity contribution in [1.82, 2.24) is 15.6 Å². The Labute approximate surface area is 203 Å². The van der Waals surface area contributed by atoms with Gasteiger partial charge in [0.1, 0.15) is 6.04 Å². The van der Waals surface area contributed by atoms with Crippen molar-refractivity contribution in [3.63, 3.8) is 0 Å². The summed E-state index contributed by atoms with van der Waals surface area (Å²) in [6, 6.07) is 10.9. The molecule has 2 amide bonds. The van der Waals surface area contributed by atoms with Crippen molar-refractivity contribution in [2.45, 2.75) is 89.3 Å². The Bertz CT molecular complexity index is 956. The van der Waals surface area contributed by atoms with Gasteiger partial charge in [-0.25, -0.2) is 0 Å².